The monoisotopic (exact) mass is 313 g/mol. The molecule has 0 aliphatic heterocycles. The molecule has 0 heterocycles. The summed E-state index contributed by atoms with van der Waals surface area (Å²) in [6, 6.07) is 17.0. The van der Waals surface area contributed by atoms with E-state index in [4.69, 9.17) is 4.74 Å². The minimum absolute atomic E-state index is 0.183. The molecule has 120 valence electrons. The third-order valence-electron chi connectivity index (χ3n) is 2.98. The number of hydrogen-bond acceptors (Lipinski definition) is 3. The molecule has 0 aliphatic rings. The molecule has 0 saturated carbocycles. The second-order valence-electron chi connectivity index (χ2n) is 4.71. The van der Waals surface area contributed by atoms with Crippen molar-refractivity contribution in [3.8, 4) is 16.9 Å². The highest BCUT2D eigenvalue weighted by Crippen LogP contribution is 2.21. The van der Waals surface area contributed by atoms with Gasteiger partial charge < -0.3 is 10.1 Å². The van der Waals surface area contributed by atoms with E-state index < -0.39 is 11.9 Å². The first-order valence-corrected chi connectivity index (χ1v) is 7.30. The van der Waals surface area contributed by atoms with Gasteiger partial charge >= 0.3 is 6.03 Å². The SMILES string of the molecule is CCNC(=O)NNC(=O)COc1ccc(-c2ccccc2)cc1. The first-order chi connectivity index (χ1) is 11.2. The molecule has 2 aromatic carbocycles. The van der Waals surface area contributed by atoms with Crippen molar-refractivity contribution in [2.45, 2.75) is 6.92 Å². The quantitative estimate of drug-likeness (QED) is 0.739. The fourth-order valence-corrected chi connectivity index (χ4v) is 1.89. The number of carbonyl (C=O) groups is 2. The van der Waals surface area contributed by atoms with Crippen LogP contribution in [0.1, 0.15) is 6.92 Å². The molecule has 3 amide bonds. The van der Waals surface area contributed by atoms with Crippen LogP contribution in [0.2, 0.25) is 0 Å². The van der Waals surface area contributed by atoms with Crippen molar-refractivity contribution in [1.82, 2.24) is 16.2 Å². The van der Waals surface area contributed by atoms with Crippen LogP contribution in [-0.4, -0.2) is 25.1 Å². The van der Waals surface area contributed by atoms with Crippen LogP contribution in [0.25, 0.3) is 11.1 Å². The van der Waals surface area contributed by atoms with Crippen LogP contribution in [0, 0.1) is 0 Å². The Hall–Kier alpha value is -3.02. The number of benzene rings is 2. The Labute approximate surface area is 134 Å². The summed E-state index contributed by atoms with van der Waals surface area (Å²) in [7, 11) is 0. The molecule has 0 radical (unpaired) electrons. The van der Waals surface area contributed by atoms with Gasteiger partial charge in [0, 0.05) is 6.54 Å². The third-order valence-corrected chi connectivity index (χ3v) is 2.98. The van der Waals surface area contributed by atoms with Gasteiger partial charge in [-0.1, -0.05) is 42.5 Å². The van der Waals surface area contributed by atoms with Crippen molar-refractivity contribution in [3.63, 3.8) is 0 Å². The summed E-state index contributed by atoms with van der Waals surface area (Å²) in [4.78, 5) is 22.7. The number of urea groups is 1. The zero-order valence-corrected chi connectivity index (χ0v) is 12.8. The lowest BCUT2D eigenvalue weighted by molar-refractivity contribution is -0.123. The molecule has 0 atom stereocenters. The van der Waals surface area contributed by atoms with Gasteiger partial charge in [-0.3, -0.25) is 10.2 Å². The van der Waals surface area contributed by atoms with E-state index in [0.29, 0.717) is 12.3 Å². The Kier molecular flexibility index (Phi) is 5.99. The van der Waals surface area contributed by atoms with Crippen LogP contribution in [0.3, 0.4) is 0 Å². The molecule has 2 rings (SSSR count). The zero-order valence-electron chi connectivity index (χ0n) is 12.8. The first-order valence-electron chi connectivity index (χ1n) is 7.30. The summed E-state index contributed by atoms with van der Waals surface area (Å²) in [5, 5.41) is 2.49. The van der Waals surface area contributed by atoms with Gasteiger partial charge in [-0.15, -0.1) is 0 Å². The Balaban J connectivity index is 1.80. The van der Waals surface area contributed by atoms with Crippen molar-refractivity contribution in [2.24, 2.45) is 0 Å². The molecule has 0 bridgehead atoms. The highest BCUT2D eigenvalue weighted by atomic mass is 16.5. The number of amides is 3. The topological polar surface area (TPSA) is 79.5 Å². The van der Waals surface area contributed by atoms with E-state index in [1.807, 2.05) is 42.5 Å². The Morgan fingerprint density at radius 2 is 1.57 bits per heavy atom. The van der Waals surface area contributed by atoms with E-state index in [0.717, 1.165) is 11.1 Å². The largest absolute Gasteiger partial charge is 0.484 e. The molecule has 0 spiro atoms. The average molecular weight is 313 g/mol. The van der Waals surface area contributed by atoms with Gasteiger partial charge in [-0.2, -0.15) is 0 Å². The minimum atomic E-state index is -0.465. The van der Waals surface area contributed by atoms with Gasteiger partial charge in [0.15, 0.2) is 6.61 Å². The average Bonchev–Trinajstić information content (AvgIpc) is 2.59. The van der Waals surface area contributed by atoms with Crippen LogP contribution >= 0.6 is 0 Å². The molecule has 3 N–H and O–H groups in total. The number of hydrazine groups is 1. The summed E-state index contributed by atoms with van der Waals surface area (Å²) < 4.78 is 5.37. The molecule has 6 nitrogen and oxygen atoms in total. The van der Waals surface area contributed by atoms with Crippen molar-refractivity contribution in [2.75, 3.05) is 13.2 Å². The Bertz CT molecular complexity index is 642. The summed E-state index contributed by atoms with van der Waals surface area (Å²) >= 11 is 0. The van der Waals surface area contributed by atoms with Gasteiger partial charge in [0.1, 0.15) is 5.75 Å². The van der Waals surface area contributed by atoms with Crippen LogP contribution in [0.15, 0.2) is 54.6 Å². The standard InChI is InChI=1S/C17H19N3O3/c1-2-18-17(22)20-19-16(21)12-23-15-10-8-14(9-11-15)13-6-4-3-5-7-13/h3-11H,2,12H2,1H3,(H,19,21)(H2,18,20,22). The normalized spacial score (nSPS) is 9.78. The van der Waals surface area contributed by atoms with Crippen LogP contribution in [0.5, 0.6) is 5.75 Å². The maximum Gasteiger partial charge on any atom is 0.333 e. The van der Waals surface area contributed by atoms with E-state index in [9.17, 15) is 9.59 Å². The maximum absolute atomic E-state index is 11.5. The van der Waals surface area contributed by atoms with Crippen molar-refractivity contribution in [1.29, 1.82) is 0 Å². The first kappa shape index (κ1) is 16.4. The van der Waals surface area contributed by atoms with Crippen molar-refractivity contribution in [3.05, 3.63) is 54.6 Å². The molecular weight excluding hydrogens is 294 g/mol. The molecule has 0 unspecified atom stereocenters. The molecule has 0 saturated heterocycles. The lowest BCUT2D eigenvalue weighted by atomic mass is 10.1. The summed E-state index contributed by atoms with van der Waals surface area (Å²) in [5.41, 5.74) is 6.65. The van der Waals surface area contributed by atoms with Gasteiger partial charge in [0.05, 0.1) is 0 Å². The second-order valence-corrected chi connectivity index (χ2v) is 4.71. The fourth-order valence-electron chi connectivity index (χ4n) is 1.89. The van der Waals surface area contributed by atoms with Gasteiger partial charge in [0.25, 0.3) is 5.91 Å². The van der Waals surface area contributed by atoms with E-state index in [-0.39, 0.29) is 6.61 Å². The zero-order chi connectivity index (χ0) is 16.5. The molecule has 2 aromatic rings. The highest BCUT2D eigenvalue weighted by Gasteiger charge is 2.05. The number of nitrogens with one attached hydrogen (secondary N) is 3. The molecular formula is C17H19N3O3. The Morgan fingerprint density at radius 1 is 0.913 bits per heavy atom. The molecule has 6 heteroatoms. The van der Waals surface area contributed by atoms with E-state index in [2.05, 4.69) is 16.2 Å². The van der Waals surface area contributed by atoms with Crippen LogP contribution in [0.4, 0.5) is 4.79 Å². The number of carbonyl (C=O) groups excluding carboxylic acids is 2. The number of hydrogen-bond donors (Lipinski definition) is 3. The smallest absolute Gasteiger partial charge is 0.333 e. The van der Waals surface area contributed by atoms with Crippen molar-refractivity contribution >= 4 is 11.9 Å². The maximum atomic E-state index is 11.5. The third kappa shape index (κ3) is 5.35. The predicted molar refractivity (Wildman–Crippen MR) is 87.7 cm³/mol. The van der Waals surface area contributed by atoms with E-state index >= 15 is 0 Å². The van der Waals surface area contributed by atoms with Gasteiger partial charge in [-0.25, -0.2) is 10.2 Å². The summed E-state index contributed by atoms with van der Waals surface area (Å²) in [6.07, 6.45) is 0. The van der Waals surface area contributed by atoms with Crippen LogP contribution < -0.4 is 20.9 Å². The number of rotatable bonds is 5. The Morgan fingerprint density at radius 3 is 2.22 bits per heavy atom. The lowest BCUT2D eigenvalue weighted by Gasteiger charge is -2.09. The fraction of sp³-hybridized carbons (Fsp3) is 0.176. The van der Waals surface area contributed by atoms with Gasteiger partial charge in [-0.05, 0) is 30.2 Å². The van der Waals surface area contributed by atoms with Gasteiger partial charge in [0.2, 0.25) is 0 Å². The minimum Gasteiger partial charge on any atom is -0.484 e. The van der Waals surface area contributed by atoms with Crippen LogP contribution in [-0.2, 0) is 4.79 Å². The number of ether oxygens (including phenoxy) is 1. The predicted octanol–water partition coefficient (Wildman–Crippen LogP) is 2.08. The summed E-state index contributed by atoms with van der Waals surface area (Å²) in [5.74, 6) is 0.140. The highest BCUT2D eigenvalue weighted by molar-refractivity contribution is 5.81. The molecule has 0 fully saturated rings. The van der Waals surface area contributed by atoms with E-state index in [1.54, 1.807) is 19.1 Å². The second kappa shape index (κ2) is 8.43. The molecule has 0 aromatic heterocycles. The van der Waals surface area contributed by atoms with Crippen molar-refractivity contribution < 1.29 is 14.3 Å². The van der Waals surface area contributed by atoms with E-state index in [1.165, 1.54) is 0 Å². The lowest BCUT2D eigenvalue weighted by Crippen LogP contribution is -2.48. The molecule has 0 aliphatic carbocycles. The molecule has 23 heavy (non-hydrogen) atoms. The summed E-state index contributed by atoms with van der Waals surface area (Å²) in [6.45, 7) is 2.08.